The highest BCUT2D eigenvalue weighted by molar-refractivity contribution is 7.92. The van der Waals surface area contributed by atoms with E-state index in [4.69, 9.17) is 0 Å². The molecule has 0 aliphatic carbocycles. The molecule has 112 valence electrons. The van der Waals surface area contributed by atoms with Crippen LogP contribution >= 0.6 is 0 Å². The Morgan fingerprint density at radius 2 is 1.90 bits per heavy atom. The van der Waals surface area contributed by atoms with Crippen molar-refractivity contribution in [3.05, 3.63) is 35.4 Å². The summed E-state index contributed by atoms with van der Waals surface area (Å²) in [6, 6.07) is 7.32. The third-order valence-electron chi connectivity index (χ3n) is 2.86. The van der Waals surface area contributed by atoms with Crippen molar-refractivity contribution in [2.24, 2.45) is 0 Å². The van der Waals surface area contributed by atoms with Crippen molar-refractivity contribution < 1.29 is 13.2 Å². The first-order chi connectivity index (χ1) is 9.01. The van der Waals surface area contributed by atoms with Crippen molar-refractivity contribution in [3.63, 3.8) is 0 Å². The van der Waals surface area contributed by atoms with Gasteiger partial charge in [-0.2, -0.15) is 0 Å². The standard InChI is InChI=1S/C15H23NO3S/c1-11-7-6-8-13(9-11)10-20(18,19)12(2)14(17)16-15(3,4)5/h6-9,12H,10H2,1-5H3,(H,16,17). The summed E-state index contributed by atoms with van der Waals surface area (Å²) in [5.74, 6) is -0.571. The van der Waals surface area contributed by atoms with Gasteiger partial charge in [-0.25, -0.2) is 8.42 Å². The molecule has 0 aromatic heterocycles. The highest BCUT2D eigenvalue weighted by Crippen LogP contribution is 2.14. The van der Waals surface area contributed by atoms with Crippen LogP contribution in [0.2, 0.25) is 0 Å². The monoisotopic (exact) mass is 297 g/mol. The van der Waals surface area contributed by atoms with Gasteiger partial charge in [-0.1, -0.05) is 29.8 Å². The Hall–Kier alpha value is -1.36. The van der Waals surface area contributed by atoms with Crippen molar-refractivity contribution >= 4 is 15.7 Å². The molecule has 0 heterocycles. The van der Waals surface area contributed by atoms with Gasteiger partial charge in [0, 0.05) is 5.54 Å². The molecule has 1 aromatic rings. The van der Waals surface area contributed by atoms with E-state index >= 15 is 0 Å². The number of benzene rings is 1. The molecule has 0 fully saturated rings. The van der Waals surface area contributed by atoms with Crippen LogP contribution in [0.3, 0.4) is 0 Å². The number of carbonyl (C=O) groups excluding carboxylic acids is 1. The predicted molar refractivity (Wildman–Crippen MR) is 81.2 cm³/mol. The van der Waals surface area contributed by atoms with E-state index in [0.29, 0.717) is 5.56 Å². The van der Waals surface area contributed by atoms with Gasteiger partial charge in [0.15, 0.2) is 9.84 Å². The summed E-state index contributed by atoms with van der Waals surface area (Å²) in [7, 11) is -3.51. The Morgan fingerprint density at radius 3 is 2.40 bits per heavy atom. The minimum atomic E-state index is -3.51. The second-order valence-electron chi connectivity index (χ2n) is 6.18. The van der Waals surface area contributed by atoms with Gasteiger partial charge in [-0.15, -0.1) is 0 Å². The summed E-state index contributed by atoms with van der Waals surface area (Å²) in [6.07, 6.45) is 0. The van der Waals surface area contributed by atoms with Crippen molar-refractivity contribution in [3.8, 4) is 0 Å². The van der Waals surface area contributed by atoms with Gasteiger partial charge in [0.05, 0.1) is 5.75 Å². The molecule has 1 atom stereocenters. The van der Waals surface area contributed by atoms with Crippen LogP contribution in [0.4, 0.5) is 0 Å². The Morgan fingerprint density at radius 1 is 1.30 bits per heavy atom. The van der Waals surface area contributed by atoms with Crippen LogP contribution in [-0.2, 0) is 20.4 Å². The van der Waals surface area contributed by atoms with Gasteiger partial charge in [-0.3, -0.25) is 4.79 Å². The zero-order valence-corrected chi connectivity index (χ0v) is 13.5. The van der Waals surface area contributed by atoms with Gasteiger partial charge in [0.1, 0.15) is 5.25 Å². The molecule has 1 amide bonds. The number of rotatable bonds is 4. The molecule has 1 aromatic carbocycles. The first-order valence-corrected chi connectivity index (χ1v) is 8.32. The Balaban J connectivity index is 2.86. The highest BCUT2D eigenvalue weighted by atomic mass is 32.2. The fraction of sp³-hybridized carbons (Fsp3) is 0.533. The van der Waals surface area contributed by atoms with Crippen LogP contribution in [0.1, 0.15) is 38.8 Å². The number of sulfone groups is 1. The van der Waals surface area contributed by atoms with Gasteiger partial charge in [0.2, 0.25) is 5.91 Å². The van der Waals surface area contributed by atoms with E-state index in [9.17, 15) is 13.2 Å². The molecule has 0 bridgehead atoms. The summed E-state index contributed by atoms with van der Waals surface area (Å²) in [6.45, 7) is 8.82. The molecule has 0 aliphatic heterocycles. The minimum absolute atomic E-state index is 0.118. The topological polar surface area (TPSA) is 63.2 Å². The molecule has 1 N–H and O–H groups in total. The first kappa shape index (κ1) is 16.7. The molecule has 1 rings (SSSR count). The molecular weight excluding hydrogens is 274 g/mol. The maximum Gasteiger partial charge on any atom is 0.238 e. The minimum Gasteiger partial charge on any atom is -0.350 e. The Kier molecular flexibility index (Phi) is 4.97. The molecule has 0 spiro atoms. The zero-order valence-electron chi connectivity index (χ0n) is 12.7. The second-order valence-corrected chi connectivity index (χ2v) is 8.50. The van der Waals surface area contributed by atoms with E-state index < -0.39 is 26.5 Å². The molecule has 1 unspecified atom stereocenters. The van der Waals surface area contributed by atoms with Crippen LogP contribution in [0.5, 0.6) is 0 Å². The second kappa shape index (κ2) is 5.95. The average molecular weight is 297 g/mol. The van der Waals surface area contributed by atoms with Crippen molar-refractivity contribution in [1.82, 2.24) is 5.32 Å². The van der Waals surface area contributed by atoms with Crippen LogP contribution in [0, 0.1) is 6.92 Å². The zero-order chi connectivity index (χ0) is 15.6. The summed E-state index contributed by atoms with van der Waals surface area (Å²) in [5.41, 5.74) is 1.27. The third kappa shape index (κ3) is 4.96. The molecule has 4 nitrogen and oxygen atoms in total. The van der Waals surface area contributed by atoms with Crippen LogP contribution < -0.4 is 5.32 Å². The summed E-state index contributed by atoms with van der Waals surface area (Å²) < 4.78 is 24.6. The van der Waals surface area contributed by atoms with Crippen LogP contribution in [0.25, 0.3) is 0 Å². The molecule has 5 heteroatoms. The number of aryl methyl sites for hydroxylation is 1. The number of hydrogen-bond acceptors (Lipinski definition) is 3. The molecule has 0 saturated carbocycles. The number of carbonyl (C=O) groups is 1. The predicted octanol–water partition coefficient (Wildman–Crippen LogP) is 2.21. The summed E-state index contributed by atoms with van der Waals surface area (Å²) in [5, 5.41) is 1.65. The van der Waals surface area contributed by atoms with E-state index in [0.717, 1.165) is 5.56 Å². The molecule has 20 heavy (non-hydrogen) atoms. The lowest BCUT2D eigenvalue weighted by Crippen LogP contribution is -2.47. The lowest BCUT2D eigenvalue weighted by Gasteiger charge is -2.23. The maximum atomic E-state index is 12.3. The summed E-state index contributed by atoms with van der Waals surface area (Å²) >= 11 is 0. The maximum absolute atomic E-state index is 12.3. The van der Waals surface area contributed by atoms with Gasteiger partial charge < -0.3 is 5.32 Å². The van der Waals surface area contributed by atoms with E-state index in [-0.39, 0.29) is 5.75 Å². The number of nitrogens with one attached hydrogen (secondary N) is 1. The number of hydrogen-bond donors (Lipinski definition) is 1. The average Bonchev–Trinajstić information content (AvgIpc) is 2.24. The Labute approximate surface area is 121 Å². The SMILES string of the molecule is Cc1cccc(CS(=O)(=O)C(C)C(=O)NC(C)(C)C)c1. The van der Waals surface area contributed by atoms with Gasteiger partial charge in [-0.05, 0) is 40.2 Å². The lowest BCUT2D eigenvalue weighted by molar-refractivity contribution is -0.121. The molecule has 0 radical (unpaired) electrons. The molecular formula is C15H23NO3S. The highest BCUT2D eigenvalue weighted by Gasteiger charge is 2.30. The van der Waals surface area contributed by atoms with E-state index in [1.807, 2.05) is 45.9 Å². The van der Waals surface area contributed by atoms with E-state index in [1.54, 1.807) is 6.07 Å². The molecule has 0 saturated heterocycles. The quantitative estimate of drug-likeness (QED) is 0.927. The van der Waals surface area contributed by atoms with Gasteiger partial charge >= 0.3 is 0 Å². The van der Waals surface area contributed by atoms with E-state index in [2.05, 4.69) is 5.32 Å². The summed E-state index contributed by atoms with van der Waals surface area (Å²) in [4.78, 5) is 12.0. The van der Waals surface area contributed by atoms with E-state index in [1.165, 1.54) is 6.92 Å². The smallest absolute Gasteiger partial charge is 0.238 e. The van der Waals surface area contributed by atoms with Crippen molar-refractivity contribution in [2.45, 2.75) is 51.2 Å². The lowest BCUT2D eigenvalue weighted by atomic mass is 10.1. The number of amides is 1. The van der Waals surface area contributed by atoms with Crippen molar-refractivity contribution in [2.75, 3.05) is 0 Å². The first-order valence-electron chi connectivity index (χ1n) is 6.60. The van der Waals surface area contributed by atoms with Crippen molar-refractivity contribution in [1.29, 1.82) is 0 Å². The van der Waals surface area contributed by atoms with Crippen LogP contribution in [-0.4, -0.2) is 25.1 Å². The Bertz CT molecular complexity index is 585. The normalized spacial score (nSPS) is 13.8. The third-order valence-corrected chi connectivity index (χ3v) is 4.88. The fourth-order valence-corrected chi connectivity index (χ4v) is 3.07. The van der Waals surface area contributed by atoms with Crippen LogP contribution in [0.15, 0.2) is 24.3 Å². The fourth-order valence-electron chi connectivity index (χ4n) is 1.79. The molecule has 0 aliphatic rings. The largest absolute Gasteiger partial charge is 0.350 e. The van der Waals surface area contributed by atoms with Gasteiger partial charge in [0.25, 0.3) is 0 Å².